The topological polar surface area (TPSA) is 36.9 Å². The van der Waals surface area contributed by atoms with Gasteiger partial charge in [0.25, 0.3) is 0 Å². The fourth-order valence-electron chi connectivity index (χ4n) is 3.06. The Kier molecular flexibility index (Phi) is 5.37. The maximum atomic E-state index is 14.6. The lowest BCUT2D eigenvalue weighted by Crippen LogP contribution is -2.41. The van der Waals surface area contributed by atoms with E-state index >= 15 is 0 Å². The molecule has 27 heavy (non-hydrogen) atoms. The molecule has 1 aliphatic rings. The van der Waals surface area contributed by atoms with Crippen molar-refractivity contribution in [2.75, 3.05) is 13.9 Å². The Morgan fingerprint density at radius 3 is 2.41 bits per heavy atom. The van der Waals surface area contributed by atoms with Crippen LogP contribution >= 0.6 is 0 Å². The van der Waals surface area contributed by atoms with Gasteiger partial charge in [0.15, 0.2) is 6.79 Å². The molecule has 142 valence electrons. The van der Waals surface area contributed by atoms with Crippen LogP contribution in [0.3, 0.4) is 0 Å². The van der Waals surface area contributed by atoms with Crippen molar-refractivity contribution in [3.05, 3.63) is 35.6 Å². The van der Waals surface area contributed by atoms with Gasteiger partial charge in [-0.25, -0.2) is 4.39 Å². The first-order valence-corrected chi connectivity index (χ1v) is 9.86. The van der Waals surface area contributed by atoms with Gasteiger partial charge in [0.1, 0.15) is 11.6 Å². The van der Waals surface area contributed by atoms with Crippen molar-refractivity contribution in [1.82, 2.24) is 0 Å². The predicted molar refractivity (Wildman–Crippen MR) is 109 cm³/mol. The summed E-state index contributed by atoms with van der Waals surface area (Å²) in [5.74, 6) is 3.20. The average molecular weight is 386 g/mol. The minimum atomic E-state index is -0.653. The third-order valence-corrected chi connectivity index (χ3v) is 5.42. The summed E-state index contributed by atoms with van der Waals surface area (Å²) < 4.78 is 37.6. The van der Waals surface area contributed by atoms with Crippen molar-refractivity contribution in [1.29, 1.82) is 0 Å². The molecule has 0 aromatic heterocycles. The standard InChI is InChI=1S/C20H24BFO4Si/c1-19(2)20(3,4)26-21(25-19)16-11-14(24-12-23-5)10-13-6-7-17(22)15(8-9-27)18(13)16/h6-7,10-11H,12H2,1-5,27H3. The highest BCUT2D eigenvalue weighted by atomic mass is 28.1. The summed E-state index contributed by atoms with van der Waals surface area (Å²) in [6, 6.07) is 6.82. The van der Waals surface area contributed by atoms with Crippen molar-refractivity contribution in [2.24, 2.45) is 0 Å². The molecule has 1 saturated heterocycles. The molecule has 0 saturated carbocycles. The van der Waals surface area contributed by atoms with Crippen LogP contribution in [0.2, 0.25) is 0 Å². The summed E-state index contributed by atoms with van der Waals surface area (Å²) in [5.41, 5.74) is 2.98. The number of rotatable bonds is 4. The van der Waals surface area contributed by atoms with Crippen LogP contribution in [0.1, 0.15) is 33.3 Å². The van der Waals surface area contributed by atoms with Crippen LogP contribution < -0.4 is 10.2 Å². The Morgan fingerprint density at radius 2 is 1.81 bits per heavy atom. The molecular formula is C20H24BFO4Si. The minimum absolute atomic E-state index is 0.114. The van der Waals surface area contributed by atoms with Gasteiger partial charge in [-0.2, -0.15) is 0 Å². The van der Waals surface area contributed by atoms with Crippen LogP contribution in [0, 0.1) is 17.3 Å². The molecule has 0 unspecified atom stereocenters. The Hall–Kier alpha value is -1.85. The molecule has 1 aliphatic heterocycles. The van der Waals surface area contributed by atoms with Crippen LogP contribution in [0.4, 0.5) is 4.39 Å². The Bertz CT molecular complexity index is 917. The van der Waals surface area contributed by atoms with E-state index in [1.54, 1.807) is 13.2 Å². The average Bonchev–Trinajstić information content (AvgIpc) is 2.82. The van der Waals surface area contributed by atoms with Gasteiger partial charge in [-0.15, -0.1) is 5.54 Å². The van der Waals surface area contributed by atoms with Gasteiger partial charge in [-0.1, -0.05) is 12.0 Å². The lowest BCUT2D eigenvalue weighted by molar-refractivity contribution is 0.00578. The number of ether oxygens (including phenoxy) is 2. The molecule has 0 bridgehead atoms. The lowest BCUT2D eigenvalue weighted by atomic mass is 9.74. The minimum Gasteiger partial charge on any atom is -0.468 e. The molecule has 1 fully saturated rings. The molecule has 2 aromatic carbocycles. The van der Waals surface area contributed by atoms with Crippen LogP contribution in [-0.2, 0) is 14.0 Å². The van der Waals surface area contributed by atoms with Gasteiger partial charge in [0.05, 0.1) is 27.0 Å². The van der Waals surface area contributed by atoms with Gasteiger partial charge >= 0.3 is 7.12 Å². The molecule has 3 rings (SSSR count). The molecule has 0 N–H and O–H groups in total. The van der Waals surface area contributed by atoms with Crippen molar-refractivity contribution < 1.29 is 23.2 Å². The van der Waals surface area contributed by atoms with E-state index in [0.29, 0.717) is 32.4 Å². The molecule has 0 radical (unpaired) electrons. The molecular weight excluding hydrogens is 362 g/mol. The number of methoxy groups -OCH3 is 1. The number of hydrogen-bond donors (Lipinski definition) is 0. The molecule has 0 amide bonds. The van der Waals surface area contributed by atoms with Crippen molar-refractivity contribution in [3.63, 3.8) is 0 Å². The maximum Gasteiger partial charge on any atom is 0.495 e. The Labute approximate surface area is 162 Å². The molecule has 1 heterocycles. The zero-order valence-corrected chi connectivity index (χ0v) is 18.6. The summed E-state index contributed by atoms with van der Waals surface area (Å²) >= 11 is 0. The van der Waals surface area contributed by atoms with Gasteiger partial charge < -0.3 is 18.8 Å². The highest BCUT2D eigenvalue weighted by Gasteiger charge is 2.52. The van der Waals surface area contributed by atoms with Gasteiger partial charge in [0.2, 0.25) is 0 Å². The fourth-order valence-corrected chi connectivity index (χ4v) is 3.31. The van der Waals surface area contributed by atoms with Crippen LogP contribution in [0.15, 0.2) is 24.3 Å². The zero-order valence-electron chi connectivity index (χ0n) is 16.6. The molecule has 7 heteroatoms. The summed E-state index contributed by atoms with van der Waals surface area (Å²) in [4.78, 5) is 0. The second-order valence-corrected chi connectivity index (χ2v) is 8.05. The second kappa shape index (κ2) is 7.29. The lowest BCUT2D eigenvalue weighted by Gasteiger charge is -2.32. The summed E-state index contributed by atoms with van der Waals surface area (Å²) in [7, 11) is 1.57. The van der Waals surface area contributed by atoms with E-state index in [1.807, 2.05) is 39.8 Å². The fraction of sp³-hybridized carbons (Fsp3) is 0.400. The Morgan fingerprint density at radius 1 is 1.15 bits per heavy atom. The first-order valence-electron chi connectivity index (χ1n) is 8.86. The van der Waals surface area contributed by atoms with E-state index in [2.05, 4.69) is 11.5 Å². The summed E-state index contributed by atoms with van der Waals surface area (Å²) in [6.07, 6.45) is 0. The van der Waals surface area contributed by atoms with Crippen LogP contribution in [-0.4, -0.2) is 42.5 Å². The molecule has 0 aliphatic carbocycles. The van der Waals surface area contributed by atoms with Crippen LogP contribution in [0.5, 0.6) is 5.75 Å². The Balaban J connectivity index is 2.24. The van der Waals surface area contributed by atoms with Crippen molar-refractivity contribution >= 4 is 33.6 Å². The van der Waals surface area contributed by atoms with E-state index in [-0.39, 0.29) is 12.6 Å². The third kappa shape index (κ3) is 3.63. The van der Waals surface area contributed by atoms with E-state index < -0.39 is 18.3 Å². The van der Waals surface area contributed by atoms with E-state index in [0.717, 1.165) is 5.39 Å². The summed E-state index contributed by atoms with van der Waals surface area (Å²) in [6.45, 7) is 8.06. The van der Waals surface area contributed by atoms with E-state index in [4.69, 9.17) is 18.8 Å². The van der Waals surface area contributed by atoms with Crippen molar-refractivity contribution in [3.8, 4) is 17.2 Å². The molecule has 4 nitrogen and oxygen atoms in total. The third-order valence-electron chi connectivity index (χ3n) is 5.17. The number of hydrogen-bond acceptors (Lipinski definition) is 4. The monoisotopic (exact) mass is 386 g/mol. The zero-order chi connectivity index (χ0) is 19.8. The quantitative estimate of drug-likeness (QED) is 0.457. The molecule has 0 spiro atoms. The maximum absolute atomic E-state index is 14.6. The molecule has 0 atom stereocenters. The largest absolute Gasteiger partial charge is 0.495 e. The van der Waals surface area contributed by atoms with Gasteiger partial charge in [-0.3, -0.25) is 0 Å². The summed E-state index contributed by atoms with van der Waals surface area (Å²) in [5, 5.41) is 1.51. The van der Waals surface area contributed by atoms with Gasteiger partial charge in [-0.05, 0) is 56.7 Å². The second-order valence-electron chi connectivity index (χ2n) is 7.55. The first kappa shape index (κ1) is 19.9. The van der Waals surface area contributed by atoms with Crippen molar-refractivity contribution in [2.45, 2.75) is 38.9 Å². The van der Waals surface area contributed by atoms with Crippen LogP contribution in [0.25, 0.3) is 10.8 Å². The molecule has 2 aromatic rings. The number of halogens is 1. The normalized spacial score (nSPS) is 17.8. The first-order chi connectivity index (χ1) is 12.7. The number of fused-ring (bicyclic) bond motifs is 1. The smallest absolute Gasteiger partial charge is 0.468 e. The highest BCUT2D eigenvalue weighted by molar-refractivity contribution is 6.65. The van der Waals surface area contributed by atoms with Gasteiger partial charge in [0, 0.05) is 12.5 Å². The SMILES string of the molecule is COCOc1cc(B2OC(C)(C)C(C)(C)O2)c2c(C#C[SiH3])c(F)ccc2c1. The van der Waals surface area contributed by atoms with E-state index in [1.165, 1.54) is 6.07 Å². The highest BCUT2D eigenvalue weighted by Crippen LogP contribution is 2.38. The van der Waals surface area contributed by atoms with E-state index in [9.17, 15) is 4.39 Å². The predicted octanol–water partition coefficient (Wildman–Crippen LogP) is 1.94. The number of benzene rings is 2.